The molecular weight excluding hydrogens is 214 g/mol. The molecule has 13 heavy (non-hydrogen) atoms. The fraction of sp³-hybridized carbons (Fsp3) is 0.250. The van der Waals surface area contributed by atoms with Crippen LogP contribution >= 0.6 is 6.49 Å². The van der Waals surface area contributed by atoms with E-state index in [0.29, 0.717) is 11.9 Å². The van der Waals surface area contributed by atoms with Crippen LogP contribution in [0.25, 0.3) is 0 Å². The number of benzene rings is 1. The van der Waals surface area contributed by atoms with Crippen LogP contribution in [0.15, 0.2) is 30.3 Å². The molecule has 0 aliphatic rings. The van der Waals surface area contributed by atoms with Crippen molar-refractivity contribution >= 4 is 23.6 Å². The molecule has 0 radical (unpaired) electrons. The molecule has 1 unspecified atom stereocenters. The summed E-state index contributed by atoms with van der Waals surface area (Å²) in [6, 6.07) is 8.90. The van der Waals surface area contributed by atoms with Gasteiger partial charge in [-0.2, -0.15) is 0 Å². The molecule has 0 saturated heterocycles. The Morgan fingerprint density at radius 3 is 2.38 bits per heavy atom. The van der Waals surface area contributed by atoms with Gasteiger partial charge in [0.15, 0.2) is 0 Å². The summed E-state index contributed by atoms with van der Waals surface area (Å²) in [5.41, 5.74) is 0. The second-order valence-electron chi connectivity index (χ2n) is 2.25. The van der Waals surface area contributed by atoms with Crippen LogP contribution in [0.1, 0.15) is 6.92 Å². The van der Waals surface area contributed by atoms with Crippen LogP contribution in [0.5, 0.6) is 0 Å². The Morgan fingerprint density at radius 1 is 1.38 bits per heavy atom. The maximum atomic E-state index is 11.6. The summed E-state index contributed by atoms with van der Waals surface area (Å²) in [6.45, 7) is -0.797. The summed E-state index contributed by atoms with van der Waals surface area (Å²) in [5.74, 6) is 0. The molecule has 5 heteroatoms. The number of hydrogen-bond acceptors (Lipinski definition) is 3. The summed E-state index contributed by atoms with van der Waals surface area (Å²) >= 11 is 4.84. The van der Waals surface area contributed by atoms with Crippen molar-refractivity contribution in [2.45, 2.75) is 6.92 Å². The molecule has 1 aromatic rings. The Labute approximate surface area is 106 Å². The van der Waals surface area contributed by atoms with E-state index in [0.717, 1.165) is 0 Å². The van der Waals surface area contributed by atoms with Crippen LogP contribution in [0.4, 0.5) is 0 Å². The van der Waals surface area contributed by atoms with E-state index in [2.05, 4.69) is 0 Å². The summed E-state index contributed by atoms with van der Waals surface area (Å²) in [4.78, 5) is 11.6. The fourth-order valence-corrected chi connectivity index (χ4v) is 2.56. The first-order chi connectivity index (χ1) is 5.67. The predicted octanol–water partition coefficient (Wildman–Crippen LogP) is -1.98. The van der Waals surface area contributed by atoms with E-state index < -0.39 is 6.49 Å². The first-order valence-corrected chi connectivity index (χ1v) is 6.32. The molecule has 0 N–H and O–H groups in total. The van der Waals surface area contributed by atoms with Gasteiger partial charge in [0, 0.05) is 13.1 Å². The van der Waals surface area contributed by atoms with Crippen molar-refractivity contribution in [1.29, 1.82) is 0 Å². The smallest absolute Gasteiger partial charge is 0.797 e. The van der Waals surface area contributed by atoms with E-state index in [1.54, 1.807) is 31.2 Å². The molecule has 0 aromatic heterocycles. The van der Waals surface area contributed by atoms with Crippen LogP contribution in [-0.4, -0.2) is 6.61 Å². The topological polar surface area (TPSA) is 32.3 Å². The second kappa shape index (κ2) is 6.31. The third-order valence-corrected chi connectivity index (χ3v) is 3.85. The van der Waals surface area contributed by atoms with Crippen LogP contribution in [-0.2, 0) is 16.3 Å². The molecule has 0 bridgehead atoms. The molecule has 1 rings (SSSR count). The van der Waals surface area contributed by atoms with E-state index >= 15 is 0 Å². The minimum Gasteiger partial charge on any atom is -0.797 e. The van der Waals surface area contributed by atoms with Gasteiger partial charge in [0.05, 0.1) is 0 Å². The molecule has 2 nitrogen and oxygen atoms in total. The first kappa shape index (κ1) is 13.8. The first-order valence-electron chi connectivity index (χ1n) is 3.68. The molecule has 1 atom stereocenters. The van der Waals surface area contributed by atoms with Crippen molar-refractivity contribution in [2.24, 2.45) is 0 Å². The zero-order valence-corrected chi connectivity index (χ0v) is 11.5. The van der Waals surface area contributed by atoms with Gasteiger partial charge >= 0.3 is 29.6 Å². The van der Waals surface area contributed by atoms with E-state index in [1.807, 2.05) is 6.07 Å². The van der Waals surface area contributed by atoms with Crippen molar-refractivity contribution in [3.8, 4) is 0 Å². The molecule has 0 saturated carbocycles. The maximum Gasteiger partial charge on any atom is 1.00 e. The quantitative estimate of drug-likeness (QED) is 0.440. The van der Waals surface area contributed by atoms with Gasteiger partial charge in [-0.05, 0) is 12.2 Å². The Kier molecular flexibility index (Phi) is 6.69. The Bertz CT molecular complexity index is 291. The second-order valence-corrected chi connectivity index (χ2v) is 5.46. The molecule has 0 aliphatic carbocycles. The number of rotatable bonds is 3. The van der Waals surface area contributed by atoms with E-state index in [4.69, 9.17) is 16.3 Å². The molecule has 0 heterocycles. The van der Waals surface area contributed by atoms with Crippen LogP contribution in [0, 0.1) is 0 Å². The zero-order chi connectivity index (χ0) is 9.03. The molecule has 0 spiro atoms. The monoisotopic (exact) mass is 224 g/mol. The summed E-state index contributed by atoms with van der Waals surface area (Å²) in [6.07, 6.45) is 0. The minimum atomic E-state index is -2.96. The Morgan fingerprint density at radius 2 is 1.92 bits per heavy atom. The van der Waals surface area contributed by atoms with E-state index in [9.17, 15) is 4.89 Å². The van der Waals surface area contributed by atoms with Crippen LogP contribution < -0.4 is 39.8 Å². The fourth-order valence-electron chi connectivity index (χ4n) is 0.855. The third-order valence-electron chi connectivity index (χ3n) is 1.37. The van der Waals surface area contributed by atoms with Crippen molar-refractivity contribution in [1.82, 2.24) is 0 Å². The molecule has 1 aromatic carbocycles. The Hall–Kier alpha value is 0.790. The van der Waals surface area contributed by atoms with Crippen molar-refractivity contribution in [3.63, 3.8) is 0 Å². The SMILES string of the molecule is CCOP([O-])(=S)c1ccccc1.[Na+]. The maximum absolute atomic E-state index is 11.6. The summed E-state index contributed by atoms with van der Waals surface area (Å²) < 4.78 is 4.99. The standard InChI is InChI=1S/C8H11O2PS.Na/c1-2-10-11(9,12)8-6-4-3-5-7-8;/h3-7H,2H2,1H3,(H,9,12);/q;+1/p-1. The third kappa shape index (κ3) is 4.22. The molecule has 0 fully saturated rings. The normalized spacial score (nSPS) is 14.3. The summed E-state index contributed by atoms with van der Waals surface area (Å²) in [5, 5.41) is 0.599. The van der Waals surface area contributed by atoms with E-state index in [-0.39, 0.29) is 29.6 Å². The van der Waals surface area contributed by atoms with Gasteiger partial charge in [-0.25, -0.2) is 0 Å². The summed E-state index contributed by atoms with van der Waals surface area (Å²) in [7, 11) is 0. The Balaban J connectivity index is 0.00000144. The predicted molar refractivity (Wildman–Crippen MR) is 52.0 cm³/mol. The van der Waals surface area contributed by atoms with Gasteiger partial charge in [0.25, 0.3) is 0 Å². The van der Waals surface area contributed by atoms with E-state index in [1.165, 1.54) is 0 Å². The van der Waals surface area contributed by atoms with Gasteiger partial charge in [-0.15, -0.1) is 0 Å². The average Bonchev–Trinajstić information content (AvgIpc) is 2.06. The van der Waals surface area contributed by atoms with Crippen molar-refractivity contribution < 1.29 is 39.0 Å². The average molecular weight is 224 g/mol. The van der Waals surface area contributed by atoms with Crippen molar-refractivity contribution in [3.05, 3.63) is 30.3 Å². The molecular formula is C8H10NaO2PS. The van der Waals surface area contributed by atoms with Gasteiger partial charge in [-0.1, -0.05) is 42.1 Å². The van der Waals surface area contributed by atoms with Gasteiger partial charge in [0.1, 0.15) is 0 Å². The molecule has 66 valence electrons. The number of hydrogen-bond donors (Lipinski definition) is 0. The minimum absolute atomic E-state index is 0. The molecule has 0 amide bonds. The molecule has 0 aliphatic heterocycles. The van der Waals surface area contributed by atoms with Gasteiger partial charge in [0.2, 0.25) is 0 Å². The van der Waals surface area contributed by atoms with Crippen molar-refractivity contribution in [2.75, 3.05) is 6.61 Å². The van der Waals surface area contributed by atoms with Crippen LogP contribution in [0.2, 0.25) is 0 Å². The zero-order valence-electron chi connectivity index (χ0n) is 7.77. The van der Waals surface area contributed by atoms with Gasteiger partial charge in [-0.3, -0.25) is 0 Å². The van der Waals surface area contributed by atoms with Crippen LogP contribution in [0.3, 0.4) is 0 Å². The van der Waals surface area contributed by atoms with Gasteiger partial charge < -0.3 is 9.42 Å². The largest absolute Gasteiger partial charge is 1.00 e.